The summed E-state index contributed by atoms with van der Waals surface area (Å²) in [5.41, 5.74) is 3.03. The number of piperazine rings is 1. The molecule has 0 saturated carbocycles. The highest BCUT2D eigenvalue weighted by atomic mass is 35.5. The Bertz CT molecular complexity index is 537. The standard InChI is InChI=1S/C16H26N4O2.2ClH/c1-12-9-18-14(13(2)16(12)22-4)10-19(3)11-15(21)20-7-5-17-6-8-20;;/h9,17H,5-8,10-11H2,1-4H3;2*1H. The highest BCUT2D eigenvalue weighted by molar-refractivity contribution is 5.85. The lowest BCUT2D eigenvalue weighted by atomic mass is 10.1. The van der Waals surface area contributed by atoms with Gasteiger partial charge in [0.2, 0.25) is 5.91 Å². The highest BCUT2D eigenvalue weighted by Crippen LogP contribution is 2.24. The van der Waals surface area contributed by atoms with E-state index in [1.807, 2.05) is 36.9 Å². The van der Waals surface area contributed by atoms with Crippen LogP contribution in [-0.2, 0) is 11.3 Å². The maximum absolute atomic E-state index is 12.3. The molecule has 1 aromatic heterocycles. The molecule has 138 valence electrons. The van der Waals surface area contributed by atoms with Gasteiger partial charge in [-0.1, -0.05) is 0 Å². The van der Waals surface area contributed by atoms with E-state index in [4.69, 9.17) is 4.74 Å². The third-order valence-corrected chi connectivity index (χ3v) is 4.04. The third kappa shape index (κ3) is 5.77. The molecule has 1 N–H and O–H groups in total. The lowest BCUT2D eigenvalue weighted by Crippen LogP contribution is -2.49. The van der Waals surface area contributed by atoms with E-state index >= 15 is 0 Å². The van der Waals surface area contributed by atoms with Gasteiger partial charge >= 0.3 is 0 Å². The summed E-state index contributed by atoms with van der Waals surface area (Å²) in [6.07, 6.45) is 1.83. The van der Waals surface area contributed by atoms with Gasteiger partial charge in [0.05, 0.1) is 19.3 Å². The average molecular weight is 379 g/mol. The third-order valence-electron chi connectivity index (χ3n) is 4.04. The molecule has 0 unspecified atom stereocenters. The Morgan fingerprint density at radius 2 is 1.96 bits per heavy atom. The zero-order valence-corrected chi connectivity index (χ0v) is 16.4. The largest absolute Gasteiger partial charge is 0.496 e. The number of ether oxygens (including phenoxy) is 1. The van der Waals surface area contributed by atoms with Crippen LogP contribution in [0.4, 0.5) is 0 Å². The number of carbonyl (C=O) groups excluding carboxylic acids is 1. The van der Waals surface area contributed by atoms with Crippen molar-refractivity contribution < 1.29 is 9.53 Å². The number of aromatic nitrogens is 1. The van der Waals surface area contributed by atoms with Gasteiger partial charge in [0.25, 0.3) is 0 Å². The van der Waals surface area contributed by atoms with Gasteiger partial charge in [-0.05, 0) is 20.9 Å². The van der Waals surface area contributed by atoms with Crippen LogP contribution in [-0.4, -0.2) is 67.6 Å². The van der Waals surface area contributed by atoms with Crippen molar-refractivity contribution >= 4 is 30.7 Å². The molecule has 6 nitrogen and oxygen atoms in total. The van der Waals surface area contributed by atoms with Crippen LogP contribution in [0.15, 0.2) is 6.20 Å². The van der Waals surface area contributed by atoms with Crippen LogP contribution < -0.4 is 10.1 Å². The maximum atomic E-state index is 12.3. The molecule has 1 aromatic rings. The van der Waals surface area contributed by atoms with E-state index in [1.54, 1.807) is 7.11 Å². The minimum absolute atomic E-state index is 0. The number of nitrogens with zero attached hydrogens (tertiary/aromatic N) is 3. The molecule has 0 aromatic carbocycles. The first-order valence-electron chi connectivity index (χ1n) is 7.69. The zero-order chi connectivity index (χ0) is 16.1. The lowest BCUT2D eigenvalue weighted by Gasteiger charge is -2.29. The predicted molar refractivity (Wildman–Crippen MR) is 101 cm³/mol. The van der Waals surface area contributed by atoms with Crippen molar-refractivity contribution in [2.24, 2.45) is 0 Å². The minimum atomic E-state index is 0. The molecule has 1 saturated heterocycles. The molecule has 0 radical (unpaired) electrons. The Kier molecular flexibility index (Phi) is 10.2. The summed E-state index contributed by atoms with van der Waals surface area (Å²) >= 11 is 0. The molecule has 0 atom stereocenters. The van der Waals surface area contributed by atoms with Gasteiger partial charge < -0.3 is 15.0 Å². The molecule has 1 aliphatic heterocycles. The smallest absolute Gasteiger partial charge is 0.236 e. The number of halogens is 2. The first-order chi connectivity index (χ1) is 10.5. The Hall–Kier alpha value is -1.08. The summed E-state index contributed by atoms with van der Waals surface area (Å²) in [5.74, 6) is 1.06. The van der Waals surface area contributed by atoms with Crippen LogP contribution in [0.3, 0.4) is 0 Å². The van der Waals surface area contributed by atoms with E-state index in [0.717, 1.165) is 48.7 Å². The topological polar surface area (TPSA) is 57.7 Å². The van der Waals surface area contributed by atoms with Crippen LogP contribution in [0.2, 0.25) is 0 Å². The molecule has 0 aliphatic carbocycles. The van der Waals surface area contributed by atoms with Gasteiger partial charge in [0.15, 0.2) is 0 Å². The number of methoxy groups -OCH3 is 1. The van der Waals surface area contributed by atoms with Crippen LogP contribution >= 0.6 is 24.8 Å². The molecule has 1 aliphatic rings. The average Bonchev–Trinajstić information content (AvgIpc) is 2.51. The number of aryl methyl sites for hydroxylation is 1. The number of carbonyl (C=O) groups is 1. The van der Waals surface area contributed by atoms with E-state index in [9.17, 15) is 4.79 Å². The van der Waals surface area contributed by atoms with E-state index in [0.29, 0.717) is 13.1 Å². The second-order valence-corrected chi connectivity index (χ2v) is 5.85. The summed E-state index contributed by atoms with van der Waals surface area (Å²) in [5, 5.41) is 3.26. The van der Waals surface area contributed by atoms with Crippen LogP contribution in [0.5, 0.6) is 5.75 Å². The van der Waals surface area contributed by atoms with Gasteiger partial charge in [0.1, 0.15) is 5.75 Å². The van der Waals surface area contributed by atoms with E-state index in [1.165, 1.54) is 0 Å². The summed E-state index contributed by atoms with van der Waals surface area (Å²) in [4.78, 5) is 20.7. The molecule has 8 heteroatoms. The number of pyridine rings is 1. The van der Waals surface area contributed by atoms with Crippen LogP contribution in [0.1, 0.15) is 16.8 Å². The number of amides is 1. The quantitative estimate of drug-likeness (QED) is 0.839. The van der Waals surface area contributed by atoms with Gasteiger partial charge in [-0.15, -0.1) is 24.8 Å². The first kappa shape index (κ1) is 22.9. The number of rotatable bonds is 5. The van der Waals surface area contributed by atoms with Crippen molar-refractivity contribution in [1.29, 1.82) is 0 Å². The summed E-state index contributed by atoms with van der Waals surface area (Å²) in [6, 6.07) is 0. The minimum Gasteiger partial charge on any atom is -0.496 e. The van der Waals surface area contributed by atoms with Crippen molar-refractivity contribution in [3.05, 3.63) is 23.0 Å². The normalized spacial score (nSPS) is 14.0. The fraction of sp³-hybridized carbons (Fsp3) is 0.625. The van der Waals surface area contributed by atoms with E-state index in [2.05, 4.69) is 10.3 Å². The van der Waals surface area contributed by atoms with Gasteiger partial charge in [-0.3, -0.25) is 14.7 Å². The molecule has 24 heavy (non-hydrogen) atoms. The summed E-state index contributed by atoms with van der Waals surface area (Å²) < 4.78 is 5.43. The Morgan fingerprint density at radius 3 is 2.54 bits per heavy atom. The zero-order valence-electron chi connectivity index (χ0n) is 14.8. The Morgan fingerprint density at radius 1 is 1.33 bits per heavy atom. The molecule has 1 amide bonds. The SMILES string of the molecule is COc1c(C)cnc(CN(C)CC(=O)N2CCNCC2)c1C.Cl.Cl. The maximum Gasteiger partial charge on any atom is 0.236 e. The van der Waals surface area contributed by atoms with Crippen molar-refractivity contribution in [1.82, 2.24) is 20.1 Å². The van der Waals surface area contributed by atoms with E-state index < -0.39 is 0 Å². The molecule has 0 spiro atoms. The number of nitrogens with one attached hydrogen (secondary N) is 1. The number of hydrogen-bond donors (Lipinski definition) is 1. The monoisotopic (exact) mass is 378 g/mol. The molecular weight excluding hydrogens is 351 g/mol. The second kappa shape index (κ2) is 10.7. The number of likely N-dealkylation sites (N-methyl/N-ethyl adjacent to an activating group) is 1. The van der Waals surface area contributed by atoms with Crippen LogP contribution in [0.25, 0.3) is 0 Å². The first-order valence-corrected chi connectivity index (χ1v) is 7.69. The molecule has 1 fully saturated rings. The fourth-order valence-electron chi connectivity index (χ4n) is 2.79. The second-order valence-electron chi connectivity index (χ2n) is 5.85. The van der Waals surface area contributed by atoms with Crippen molar-refractivity contribution in [2.75, 3.05) is 46.9 Å². The molecule has 0 bridgehead atoms. The number of hydrogen-bond acceptors (Lipinski definition) is 5. The van der Waals surface area contributed by atoms with Gasteiger partial charge in [0, 0.05) is 50.0 Å². The Labute approximate surface area is 156 Å². The summed E-state index contributed by atoms with van der Waals surface area (Å²) in [6.45, 7) is 8.40. The van der Waals surface area contributed by atoms with Crippen molar-refractivity contribution in [3.63, 3.8) is 0 Å². The summed E-state index contributed by atoms with van der Waals surface area (Å²) in [7, 11) is 3.63. The van der Waals surface area contributed by atoms with Crippen molar-refractivity contribution in [2.45, 2.75) is 20.4 Å². The highest BCUT2D eigenvalue weighted by Gasteiger charge is 2.18. The fourth-order valence-corrected chi connectivity index (χ4v) is 2.79. The molecular formula is C16H28Cl2N4O2. The molecule has 2 heterocycles. The lowest BCUT2D eigenvalue weighted by molar-refractivity contribution is -0.132. The predicted octanol–water partition coefficient (Wildman–Crippen LogP) is 1.41. The molecule has 2 rings (SSSR count). The van der Waals surface area contributed by atoms with Crippen LogP contribution in [0, 0.1) is 13.8 Å². The van der Waals surface area contributed by atoms with Gasteiger partial charge in [-0.25, -0.2) is 0 Å². The van der Waals surface area contributed by atoms with E-state index in [-0.39, 0.29) is 30.7 Å². The Balaban J connectivity index is 0.00000264. The van der Waals surface area contributed by atoms with Gasteiger partial charge in [-0.2, -0.15) is 0 Å². The van der Waals surface area contributed by atoms with Crippen molar-refractivity contribution in [3.8, 4) is 5.75 Å².